The van der Waals surface area contributed by atoms with Gasteiger partial charge in [0, 0.05) is 28.4 Å². The van der Waals surface area contributed by atoms with Gasteiger partial charge in [0.25, 0.3) is 5.91 Å². The molecule has 0 bridgehead atoms. The minimum atomic E-state index is -0.212. The molecule has 3 nitrogen and oxygen atoms in total. The van der Waals surface area contributed by atoms with Crippen molar-refractivity contribution in [2.75, 3.05) is 24.3 Å². The van der Waals surface area contributed by atoms with Crippen LogP contribution in [0.15, 0.2) is 36.4 Å². The molecule has 6 heteroatoms. The van der Waals surface area contributed by atoms with E-state index in [1.54, 1.807) is 24.3 Å². The van der Waals surface area contributed by atoms with Crippen molar-refractivity contribution in [2.24, 2.45) is 0 Å². The van der Waals surface area contributed by atoms with Crippen LogP contribution in [0.2, 0.25) is 10.0 Å². The highest BCUT2D eigenvalue weighted by atomic mass is 127. The molecule has 0 aromatic heterocycles. The van der Waals surface area contributed by atoms with E-state index in [9.17, 15) is 4.79 Å². The predicted octanol–water partition coefficient (Wildman–Crippen LogP) is 4.92. The lowest BCUT2D eigenvalue weighted by atomic mass is 10.2. The summed E-state index contributed by atoms with van der Waals surface area (Å²) in [6.07, 6.45) is 0. The molecule has 2 rings (SSSR count). The first kappa shape index (κ1) is 16.4. The summed E-state index contributed by atoms with van der Waals surface area (Å²) >= 11 is 14.2. The van der Waals surface area contributed by atoms with Crippen LogP contribution >= 0.6 is 45.8 Å². The summed E-state index contributed by atoms with van der Waals surface area (Å²) in [5, 5.41) is 3.94. The van der Waals surface area contributed by atoms with E-state index >= 15 is 0 Å². The average Bonchev–Trinajstić information content (AvgIpc) is 2.41. The second kappa shape index (κ2) is 6.85. The molecule has 0 fully saturated rings. The summed E-state index contributed by atoms with van der Waals surface area (Å²) in [6, 6.07) is 10.6. The van der Waals surface area contributed by atoms with E-state index in [-0.39, 0.29) is 5.91 Å². The van der Waals surface area contributed by atoms with Gasteiger partial charge in [-0.25, -0.2) is 0 Å². The van der Waals surface area contributed by atoms with Crippen LogP contribution in [-0.4, -0.2) is 20.0 Å². The molecule has 0 aliphatic heterocycles. The van der Waals surface area contributed by atoms with E-state index in [0.29, 0.717) is 21.3 Å². The third-order valence-corrected chi connectivity index (χ3v) is 4.34. The minimum Gasteiger partial charge on any atom is -0.376 e. The molecule has 0 radical (unpaired) electrons. The van der Waals surface area contributed by atoms with Gasteiger partial charge in [0.1, 0.15) is 0 Å². The third kappa shape index (κ3) is 4.02. The Labute approximate surface area is 147 Å². The SMILES string of the molecule is CN(C)c1ccc(NC(=O)c2cc(Cl)ccc2I)cc1Cl. The lowest BCUT2D eigenvalue weighted by molar-refractivity contribution is 0.102. The van der Waals surface area contributed by atoms with Crippen molar-refractivity contribution >= 4 is 63.1 Å². The number of halogens is 3. The van der Waals surface area contributed by atoms with Gasteiger partial charge in [-0.05, 0) is 59.0 Å². The van der Waals surface area contributed by atoms with Crippen molar-refractivity contribution in [2.45, 2.75) is 0 Å². The van der Waals surface area contributed by atoms with Gasteiger partial charge >= 0.3 is 0 Å². The van der Waals surface area contributed by atoms with Crippen molar-refractivity contribution < 1.29 is 4.79 Å². The van der Waals surface area contributed by atoms with Crippen LogP contribution in [0.4, 0.5) is 11.4 Å². The number of carbonyl (C=O) groups is 1. The maximum absolute atomic E-state index is 12.3. The van der Waals surface area contributed by atoms with E-state index < -0.39 is 0 Å². The highest BCUT2D eigenvalue weighted by Gasteiger charge is 2.12. The molecule has 21 heavy (non-hydrogen) atoms. The fourth-order valence-corrected chi connectivity index (χ4v) is 2.92. The molecule has 0 spiro atoms. The van der Waals surface area contributed by atoms with Crippen molar-refractivity contribution in [1.82, 2.24) is 0 Å². The monoisotopic (exact) mass is 434 g/mol. The Morgan fingerprint density at radius 1 is 1.14 bits per heavy atom. The van der Waals surface area contributed by atoms with Crippen LogP contribution in [0, 0.1) is 3.57 Å². The van der Waals surface area contributed by atoms with Crippen LogP contribution in [0.5, 0.6) is 0 Å². The van der Waals surface area contributed by atoms with Crippen molar-refractivity contribution in [3.63, 3.8) is 0 Å². The van der Waals surface area contributed by atoms with E-state index in [1.165, 1.54) is 0 Å². The fraction of sp³-hybridized carbons (Fsp3) is 0.133. The maximum Gasteiger partial charge on any atom is 0.256 e. The van der Waals surface area contributed by atoms with Gasteiger partial charge in [0.05, 0.1) is 16.3 Å². The average molecular weight is 435 g/mol. The number of carbonyl (C=O) groups excluding carboxylic acids is 1. The number of rotatable bonds is 3. The largest absolute Gasteiger partial charge is 0.376 e. The molecule has 0 aliphatic carbocycles. The molecule has 0 saturated heterocycles. The predicted molar refractivity (Wildman–Crippen MR) is 97.9 cm³/mol. The van der Waals surface area contributed by atoms with Crippen LogP contribution in [0.1, 0.15) is 10.4 Å². The smallest absolute Gasteiger partial charge is 0.256 e. The summed E-state index contributed by atoms with van der Waals surface area (Å²) in [4.78, 5) is 14.2. The quantitative estimate of drug-likeness (QED) is 0.695. The number of nitrogens with zero attached hydrogens (tertiary/aromatic N) is 1. The normalized spacial score (nSPS) is 10.3. The third-order valence-electron chi connectivity index (χ3n) is 2.86. The molecule has 0 atom stereocenters. The summed E-state index contributed by atoms with van der Waals surface area (Å²) in [5.74, 6) is -0.212. The van der Waals surface area contributed by atoms with Crippen molar-refractivity contribution in [1.29, 1.82) is 0 Å². The van der Waals surface area contributed by atoms with E-state index in [1.807, 2.05) is 31.1 Å². The van der Waals surface area contributed by atoms with Crippen LogP contribution in [0.3, 0.4) is 0 Å². The lowest BCUT2D eigenvalue weighted by Gasteiger charge is -2.15. The lowest BCUT2D eigenvalue weighted by Crippen LogP contribution is -2.14. The summed E-state index contributed by atoms with van der Waals surface area (Å²) in [6.45, 7) is 0. The molecule has 0 aliphatic rings. The fourth-order valence-electron chi connectivity index (χ4n) is 1.82. The Bertz CT molecular complexity index is 689. The minimum absolute atomic E-state index is 0.212. The Morgan fingerprint density at radius 2 is 1.86 bits per heavy atom. The molecule has 110 valence electrons. The molecule has 0 saturated carbocycles. The zero-order valence-corrected chi connectivity index (χ0v) is 15.1. The molecule has 1 N–H and O–H groups in total. The van der Waals surface area contributed by atoms with Gasteiger partial charge in [-0.2, -0.15) is 0 Å². The van der Waals surface area contributed by atoms with Crippen molar-refractivity contribution in [3.05, 3.63) is 55.6 Å². The standard InChI is InChI=1S/C15H13Cl2IN2O/c1-20(2)14-6-4-10(8-12(14)17)19-15(21)11-7-9(16)3-5-13(11)18/h3-8H,1-2H3,(H,19,21). The molecule has 1 amide bonds. The van der Waals surface area contributed by atoms with E-state index in [0.717, 1.165) is 9.26 Å². The molecule has 2 aromatic rings. The number of nitrogens with one attached hydrogen (secondary N) is 1. The Balaban J connectivity index is 2.24. The van der Waals surface area contributed by atoms with Gasteiger partial charge < -0.3 is 10.2 Å². The number of amides is 1. The molecular formula is C15H13Cl2IN2O. The van der Waals surface area contributed by atoms with E-state index in [2.05, 4.69) is 27.9 Å². The Kier molecular flexibility index (Phi) is 5.35. The second-order valence-corrected chi connectivity index (χ2v) is 6.64. The Morgan fingerprint density at radius 3 is 2.48 bits per heavy atom. The summed E-state index contributed by atoms with van der Waals surface area (Å²) in [5.41, 5.74) is 2.08. The van der Waals surface area contributed by atoms with E-state index in [4.69, 9.17) is 23.2 Å². The van der Waals surface area contributed by atoms with Gasteiger partial charge in [0.15, 0.2) is 0 Å². The first-order valence-electron chi connectivity index (χ1n) is 6.12. The van der Waals surface area contributed by atoms with Crippen LogP contribution in [-0.2, 0) is 0 Å². The first-order valence-corrected chi connectivity index (χ1v) is 7.95. The molecule has 0 unspecified atom stereocenters. The molecular weight excluding hydrogens is 422 g/mol. The van der Waals surface area contributed by atoms with Crippen LogP contribution < -0.4 is 10.2 Å². The Hall–Kier alpha value is -0.980. The number of anilines is 2. The maximum atomic E-state index is 12.3. The summed E-state index contributed by atoms with van der Waals surface area (Å²) < 4.78 is 0.838. The van der Waals surface area contributed by atoms with Gasteiger partial charge in [-0.1, -0.05) is 23.2 Å². The topological polar surface area (TPSA) is 32.3 Å². The van der Waals surface area contributed by atoms with Gasteiger partial charge in [-0.15, -0.1) is 0 Å². The van der Waals surface area contributed by atoms with Gasteiger partial charge in [-0.3, -0.25) is 4.79 Å². The first-order chi connectivity index (χ1) is 9.88. The highest BCUT2D eigenvalue weighted by Crippen LogP contribution is 2.28. The highest BCUT2D eigenvalue weighted by molar-refractivity contribution is 14.1. The number of benzene rings is 2. The van der Waals surface area contributed by atoms with Gasteiger partial charge in [0.2, 0.25) is 0 Å². The number of hydrogen-bond donors (Lipinski definition) is 1. The molecule has 0 heterocycles. The summed E-state index contributed by atoms with van der Waals surface area (Å²) in [7, 11) is 3.82. The number of hydrogen-bond acceptors (Lipinski definition) is 2. The molecule has 2 aromatic carbocycles. The second-order valence-electron chi connectivity index (χ2n) is 4.64. The van der Waals surface area contributed by atoms with Crippen LogP contribution in [0.25, 0.3) is 0 Å². The zero-order chi connectivity index (χ0) is 15.6. The zero-order valence-electron chi connectivity index (χ0n) is 11.5. The van der Waals surface area contributed by atoms with Crippen molar-refractivity contribution in [3.8, 4) is 0 Å².